The largest absolute Gasteiger partial charge is 0.371 e. The predicted octanol–water partition coefficient (Wildman–Crippen LogP) is 2.59. The summed E-state index contributed by atoms with van der Waals surface area (Å²) in [7, 11) is 0. The first-order valence-corrected chi connectivity index (χ1v) is 9.83. The number of imidazole rings is 1. The highest BCUT2D eigenvalue weighted by Crippen LogP contribution is 2.30. The fourth-order valence-corrected chi connectivity index (χ4v) is 4.37. The van der Waals surface area contributed by atoms with Gasteiger partial charge in [-0.3, -0.25) is 9.69 Å². The number of aryl methyl sites for hydroxylation is 1. The van der Waals surface area contributed by atoms with Gasteiger partial charge in [-0.2, -0.15) is 0 Å². The van der Waals surface area contributed by atoms with Crippen molar-refractivity contribution >= 4 is 11.6 Å². The summed E-state index contributed by atoms with van der Waals surface area (Å²) in [4.78, 5) is 19.7. The minimum absolute atomic E-state index is 0.103. The highest BCUT2D eigenvalue weighted by Gasteiger charge is 2.38. The lowest BCUT2D eigenvalue weighted by molar-refractivity contribution is -0.0502. The third-order valence-electron chi connectivity index (χ3n) is 5.85. The molecule has 28 heavy (non-hydrogen) atoms. The van der Waals surface area contributed by atoms with Gasteiger partial charge in [0.15, 0.2) is 0 Å². The molecule has 2 aliphatic heterocycles. The number of fused-ring (bicyclic) bond motifs is 2. The Labute approximate surface area is 164 Å². The quantitative estimate of drug-likeness (QED) is 0.763. The Bertz CT molecular complexity index is 1000. The second-order valence-corrected chi connectivity index (χ2v) is 7.77. The summed E-state index contributed by atoms with van der Waals surface area (Å²) in [5.41, 5.74) is 3.55. The van der Waals surface area contributed by atoms with Gasteiger partial charge in [0, 0.05) is 37.1 Å². The summed E-state index contributed by atoms with van der Waals surface area (Å²) in [5.74, 6) is -0.103. The van der Waals surface area contributed by atoms with Gasteiger partial charge in [-0.1, -0.05) is 36.4 Å². The van der Waals surface area contributed by atoms with Crippen LogP contribution in [0.25, 0.3) is 5.65 Å². The van der Waals surface area contributed by atoms with Crippen molar-refractivity contribution in [2.24, 2.45) is 0 Å². The molecule has 3 atom stereocenters. The molecule has 0 aliphatic carbocycles. The molecule has 5 rings (SSSR count). The molecule has 4 heterocycles. The normalized spacial score (nSPS) is 25.0. The number of nitrogens with one attached hydrogen (secondary N) is 1. The Morgan fingerprint density at radius 2 is 2.00 bits per heavy atom. The van der Waals surface area contributed by atoms with E-state index in [9.17, 15) is 4.79 Å². The molecule has 0 radical (unpaired) electrons. The Hall–Kier alpha value is -2.70. The van der Waals surface area contributed by atoms with Gasteiger partial charge in [-0.15, -0.1) is 0 Å². The molecule has 6 nitrogen and oxygen atoms in total. The fraction of sp³-hybridized carbons (Fsp3) is 0.364. The Balaban J connectivity index is 1.25. The van der Waals surface area contributed by atoms with E-state index < -0.39 is 0 Å². The summed E-state index contributed by atoms with van der Waals surface area (Å²) in [5, 5.41) is 3.17. The summed E-state index contributed by atoms with van der Waals surface area (Å²) in [6.45, 7) is 4.44. The van der Waals surface area contributed by atoms with E-state index in [0.29, 0.717) is 18.3 Å². The Morgan fingerprint density at radius 1 is 1.14 bits per heavy atom. The maximum Gasteiger partial charge on any atom is 0.271 e. The molecule has 0 unspecified atom stereocenters. The summed E-state index contributed by atoms with van der Waals surface area (Å²) >= 11 is 0. The van der Waals surface area contributed by atoms with Crippen LogP contribution in [0.5, 0.6) is 0 Å². The van der Waals surface area contributed by atoms with Gasteiger partial charge in [-0.05, 0) is 31.0 Å². The second kappa shape index (κ2) is 7.04. The monoisotopic (exact) mass is 376 g/mol. The van der Waals surface area contributed by atoms with Crippen molar-refractivity contribution in [2.45, 2.75) is 31.5 Å². The van der Waals surface area contributed by atoms with Crippen LogP contribution in [0, 0.1) is 6.92 Å². The van der Waals surface area contributed by atoms with Crippen molar-refractivity contribution in [1.29, 1.82) is 0 Å². The van der Waals surface area contributed by atoms with E-state index in [4.69, 9.17) is 4.74 Å². The SMILES string of the molecule is Cc1cccc2nc(C(=O)N[C@H]3C[C@H]4CO[C@@H](c5ccccc5)CN4C3)cn12. The summed E-state index contributed by atoms with van der Waals surface area (Å²) < 4.78 is 8.05. The number of carbonyl (C=O) groups is 1. The van der Waals surface area contributed by atoms with Crippen LogP contribution in [0.4, 0.5) is 0 Å². The van der Waals surface area contributed by atoms with Gasteiger partial charge >= 0.3 is 0 Å². The van der Waals surface area contributed by atoms with Crippen LogP contribution in [0.1, 0.15) is 34.3 Å². The molecule has 0 spiro atoms. The van der Waals surface area contributed by atoms with E-state index in [0.717, 1.165) is 30.9 Å². The molecule has 0 bridgehead atoms. The lowest BCUT2D eigenvalue weighted by atomic mass is 10.1. The van der Waals surface area contributed by atoms with Crippen molar-refractivity contribution in [1.82, 2.24) is 19.6 Å². The van der Waals surface area contributed by atoms with Crippen molar-refractivity contribution in [3.05, 3.63) is 71.7 Å². The number of rotatable bonds is 3. The van der Waals surface area contributed by atoms with E-state index in [1.165, 1.54) is 5.56 Å². The molecule has 0 saturated carbocycles. The first-order chi connectivity index (χ1) is 13.7. The highest BCUT2D eigenvalue weighted by molar-refractivity contribution is 5.93. The molecule has 1 amide bonds. The van der Waals surface area contributed by atoms with Gasteiger partial charge < -0.3 is 14.5 Å². The van der Waals surface area contributed by atoms with Gasteiger partial charge in [-0.25, -0.2) is 4.98 Å². The molecule has 2 fully saturated rings. The second-order valence-electron chi connectivity index (χ2n) is 7.77. The number of nitrogens with zero attached hydrogens (tertiary/aromatic N) is 3. The van der Waals surface area contributed by atoms with Crippen molar-refractivity contribution in [2.75, 3.05) is 19.7 Å². The van der Waals surface area contributed by atoms with E-state index in [2.05, 4.69) is 27.3 Å². The zero-order chi connectivity index (χ0) is 19.1. The van der Waals surface area contributed by atoms with E-state index in [1.54, 1.807) is 0 Å². The van der Waals surface area contributed by atoms with Gasteiger partial charge in [0.1, 0.15) is 11.3 Å². The zero-order valence-electron chi connectivity index (χ0n) is 15.9. The topological polar surface area (TPSA) is 58.9 Å². The number of morpholine rings is 1. The molecule has 2 aliphatic rings. The van der Waals surface area contributed by atoms with Crippen LogP contribution in [0.2, 0.25) is 0 Å². The van der Waals surface area contributed by atoms with Gasteiger partial charge in [0.2, 0.25) is 0 Å². The highest BCUT2D eigenvalue weighted by atomic mass is 16.5. The van der Waals surface area contributed by atoms with E-state index in [1.807, 2.05) is 53.9 Å². The standard InChI is InChI=1S/C22H24N4O2/c1-15-6-5-9-21-24-19(12-26(15)21)22(27)23-17-10-18-14-28-20(13-25(18)11-17)16-7-3-2-4-8-16/h2-9,12,17-18,20H,10-11,13-14H2,1H3,(H,23,27)/t17-,18-,20+/m0/s1. The first-order valence-electron chi connectivity index (χ1n) is 9.83. The number of benzene rings is 1. The number of ether oxygens (including phenoxy) is 1. The number of carbonyl (C=O) groups excluding carboxylic acids is 1. The number of pyridine rings is 1. The third-order valence-corrected chi connectivity index (χ3v) is 5.85. The average Bonchev–Trinajstić information content (AvgIpc) is 3.32. The zero-order valence-corrected chi connectivity index (χ0v) is 15.9. The Morgan fingerprint density at radius 3 is 2.82 bits per heavy atom. The first kappa shape index (κ1) is 17.4. The van der Waals surface area contributed by atoms with Crippen LogP contribution < -0.4 is 5.32 Å². The summed E-state index contributed by atoms with van der Waals surface area (Å²) in [6.07, 6.45) is 2.84. The minimum Gasteiger partial charge on any atom is -0.371 e. The smallest absolute Gasteiger partial charge is 0.271 e. The molecule has 3 aromatic rings. The molecule has 2 aromatic heterocycles. The minimum atomic E-state index is -0.103. The van der Waals surface area contributed by atoms with Crippen LogP contribution in [-0.2, 0) is 4.74 Å². The van der Waals surface area contributed by atoms with Crippen molar-refractivity contribution < 1.29 is 9.53 Å². The molecular formula is C22H24N4O2. The molecule has 6 heteroatoms. The van der Waals surface area contributed by atoms with E-state index >= 15 is 0 Å². The Kier molecular flexibility index (Phi) is 4.37. The van der Waals surface area contributed by atoms with Crippen LogP contribution in [-0.4, -0.2) is 52.0 Å². The van der Waals surface area contributed by atoms with E-state index in [-0.39, 0.29) is 18.1 Å². The predicted molar refractivity (Wildman–Crippen MR) is 106 cm³/mol. The lowest BCUT2D eigenvalue weighted by Crippen LogP contribution is -2.43. The van der Waals surface area contributed by atoms with Crippen molar-refractivity contribution in [3.63, 3.8) is 0 Å². The lowest BCUT2D eigenvalue weighted by Gasteiger charge is -2.35. The molecular weight excluding hydrogens is 352 g/mol. The van der Waals surface area contributed by atoms with Crippen LogP contribution in [0.3, 0.4) is 0 Å². The molecule has 144 valence electrons. The maximum absolute atomic E-state index is 12.7. The van der Waals surface area contributed by atoms with Gasteiger partial charge in [0.25, 0.3) is 5.91 Å². The average molecular weight is 376 g/mol. The molecule has 2 saturated heterocycles. The number of amides is 1. The van der Waals surface area contributed by atoms with Gasteiger partial charge in [0.05, 0.1) is 12.7 Å². The maximum atomic E-state index is 12.7. The van der Waals surface area contributed by atoms with Crippen LogP contribution >= 0.6 is 0 Å². The van der Waals surface area contributed by atoms with Crippen LogP contribution in [0.15, 0.2) is 54.7 Å². The summed E-state index contributed by atoms with van der Waals surface area (Å²) in [6, 6.07) is 16.7. The number of hydrogen-bond acceptors (Lipinski definition) is 4. The molecule has 1 N–H and O–H groups in total. The molecule has 1 aromatic carbocycles. The van der Waals surface area contributed by atoms with Crippen molar-refractivity contribution in [3.8, 4) is 0 Å². The number of aromatic nitrogens is 2. The number of hydrogen-bond donors (Lipinski definition) is 1. The fourth-order valence-electron chi connectivity index (χ4n) is 4.37. The third kappa shape index (κ3) is 3.19.